The second-order valence-corrected chi connectivity index (χ2v) is 5.30. The minimum atomic E-state index is -4.02. The van der Waals surface area contributed by atoms with Gasteiger partial charge in [0, 0.05) is 12.1 Å². The van der Waals surface area contributed by atoms with Crippen LogP contribution < -0.4 is 0 Å². The van der Waals surface area contributed by atoms with E-state index in [1.54, 1.807) is 30.3 Å². The Balaban J connectivity index is 0.000000204. The van der Waals surface area contributed by atoms with Gasteiger partial charge in [-0.25, -0.2) is 0 Å². The van der Waals surface area contributed by atoms with Gasteiger partial charge in [0.2, 0.25) is 0 Å². The SMILES string of the molecule is Cc1ccc(S(=O)(=O)O)cc1.O=[N+]([O-])c1ccccc1. The summed E-state index contributed by atoms with van der Waals surface area (Å²) in [5, 5.41) is 10.0. The molecule has 0 bridgehead atoms. The molecule has 2 aromatic carbocycles. The number of para-hydroxylation sites is 1. The maximum absolute atomic E-state index is 10.5. The smallest absolute Gasteiger partial charge is 0.282 e. The lowest BCUT2D eigenvalue weighted by Crippen LogP contribution is -1.96. The van der Waals surface area contributed by atoms with Gasteiger partial charge >= 0.3 is 0 Å². The van der Waals surface area contributed by atoms with Gasteiger partial charge in [-0.1, -0.05) is 35.9 Å². The predicted molar refractivity (Wildman–Crippen MR) is 74.1 cm³/mol. The van der Waals surface area contributed by atoms with E-state index in [1.165, 1.54) is 24.3 Å². The number of nitro groups is 1. The maximum atomic E-state index is 10.5. The number of non-ortho nitro benzene ring substituents is 1. The van der Waals surface area contributed by atoms with Crippen molar-refractivity contribution in [1.82, 2.24) is 0 Å². The molecule has 7 heteroatoms. The van der Waals surface area contributed by atoms with Crippen molar-refractivity contribution in [2.45, 2.75) is 11.8 Å². The van der Waals surface area contributed by atoms with Crippen molar-refractivity contribution < 1.29 is 17.9 Å². The van der Waals surface area contributed by atoms with Gasteiger partial charge in [-0.3, -0.25) is 14.7 Å². The molecular weight excluding hydrogens is 282 g/mol. The summed E-state index contributed by atoms with van der Waals surface area (Å²) in [7, 11) is -4.02. The molecule has 0 aliphatic rings. The molecular formula is C13H13NO5S. The van der Waals surface area contributed by atoms with Crippen LogP contribution in [0.2, 0.25) is 0 Å². The summed E-state index contributed by atoms with van der Waals surface area (Å²) in [6.45, 7) is 1.84. The third-order valence-electron chi connectivity index (χ3n) is 2.29. The summed E-state index contributed by atoms with van der Waals surface area (Å²) in [6, 6.07) is 13.9. The second-order valence-electron chi connectivity index (χ2n) is 3.88. The van der Waals surface area contributed by atoms with Gasteiger partial charge in [0.25, 0.3) is 15.8 Å². The predicted octanol–water partition coefficient (Wildman–Crippen LogP) is 2.84. The monoisotopic (exact) mass is 295 g/mol. The van der Waals surface area contributed by atoms with Crippen molar-refractivity contribution >= 4 is 15.8 Å². The van der Waals surface area contributed by atoms with E-state index < -0.39 is 15.0 Å². The molecule has 2 rings (SSSR count). The Morgan fingerprint density at radius 1 is 1.00 bits per heavy atom. The highest BCUT2D eigenvalue weighted by Gasteiger charge is 2.06. The van der Waals surface area contributed by atoms with Crippen molar-refractivity contribution in [1.29, 1.82) is 0 Å². The summed E-state index contributed by atoms with van der Waals surface area (Å²) in [5.74, 6) is 0. The molecule has 0 atom stereocenters. The van der Waals surface area contributed by atoms with E-state index in [2.05, 4.69) is 0 Å². The van der Waals surface area contributed by atoms with E-state index in [0.717, 1.165) is 5.56 Å². The first-order valence-corrected chi connectivity index (χ1v) is 6.98. The molecule has 6 nitrogen and oxygen atoms in total. The van der Waals surface area contributed by atoms with Gasteiger partial charge in [0.05, 0.1) is 9.82 Å². The van der Waals surface area contributed by atoms with Gasteiger partial charge in [-0.05, 0) is 19.1 Å². The number of aryl methyl sites for hydroxylation is 1. The Kier molecular flexibility index (Phi) is 5.36. The first-order chi connectivity index (χ1) is 9.30. The molecule has 0 heterocycles. The molecule has 20 heavy (non-hydrogen) atoms. The van der Waals surface area contributed by atoms with Crippen LogP contribution in [-0.4, -0.2) is 17.9 Å². The fourth-order valence-corrected chi connectivity index (χ4v) is 1.74. The van der Waals surface area contributed by atoms with Crippen molar-refractivity contribution in [3.05, 3.63) is 70.3 Å². The average Bonchev–Trinajstić information content (AvgIpc) is 2.40. The zero-order valence-electron chi connectivity index (χ0n) is 10.6. The van der Waals surface area contributed by atoms with Gasteiger partial charge in [-0.15, -0.1) is 0 Å². The Labute approximate surface area is 116 Å². The number of nitrogens with zero attached hydrogens (tertiary/aromatic N) is 1. The van der Waals surface area contributed by atoms with Crippen molar-refractivity contribution in [2.24, 2.45) is 0 Å². The highest BCUT2D eigenvalue weighted by Crippen LogP contribution is 2.08. The van der Waals surface area contributed by atoms with Crippen LogP contribution in [0.5, 0.6) is 0 Å². The van der Waals surface area contributed by atoms with Crippen LogP contribution in [0.15, 0.2) is 59.5 Å². The zero-order chi connectivity index (χ0) is 15.2. The number of rotatable bonds is 2. The number of hydrogen-bond acceptors (Lipinski definition) is 4. The van der Waals surface area contributed by atoms with Crippen LogP contribution in [0.3, 0.4) is 0 Å². The van der Waals surface area contributed by atoms with Crippen LogP contribution in [0.1, 0.15) is 5.56 Å². The molecule has 0 spiro atoms. The molecule has 2 aromatic rings. The molecule has 0 fully saturated rings. The Morgan fingerprint density at radius 3 is 1.85 bits per heavy atom. The van der Waals surface area contributed by atoms with Crippen LogP contribution >= 0.6 is 0 Å². The van der Waals surface area contributed by atoms with E-state index in [0.29, 0.717) is 0 Å². The summed E-state index contributed by atoms with van der Waals surface area (Å²) in [4.78, 5) is 9.52. The average molecular weight is 295 g/mol. The molecule has 0 saturated carbocycles. The van der Waals surface area contributed by atoms with Crippen LogP contribution in [0, 0.1) is 17.0 Å². The van der Waals surface area contributed by atoms with Crippen molar-refractivity contribution in [2.75, 3.05) is 0 Å². The number of nitro benzene ring substituents is 1. The van der Waals surface area contributed by atoms with Gasteiger partial charge in [0.1, 0.15) is 0 Å². The highest BCUT2D eigenvalue weighted by molar-refractivity contribution is 7.85. The fourth-order valence-electron chi connectivity index (χ4n) is 1.26. The van der Waals surface area contributed by atoms with E-state index in [-0.39, 0.29) is 10.6 Å². The first kappa shape index (κ1) is 15.8. The second kappa shape index (κ2) is 6.78. The summed E-state index contributed by atoms with van der Waals surface area (Å²) < 4.78 is 29.6. The molecule has 0 unspecified atom stereocenters. The molecule has 0 amide bonds. The molecule has 1 N–H and O–H groups in total. The van der Waals surface area contributed by atoms with Crippen molar-refractivity contribution in [3.63, 3.8) is 0 Å². The molecule has 0 aliphatic carbocycles. The van der Waals surface area contributed by atoms with E-state index in [4.69, 9.17) is 4.55 Å². The minimum absolute atomic E-state index is 0.0666. The van der Waals surface area contributed by atoms with E-state index >= 15 is 0 Å². The van der Waals surface area contributed by atoms with Gasteiger partial charge < -0.3 is 0 Å². The van der Waals surface area contributed by atoms with Crippen molar-refractivity contribution in [3.8, 4) is 0 Å². The van der Waals surface area contributed by atoms with Gasteiger partial charge in [-0.2, -0.15) is 8.42 Å². The third kappa shape index (κ3) is 5.17. The zero-order valence-corrected chi connectivity index (χ0v) is 11.4. The summed E-state index contributed by atoms with van der Waals surface area (Å²) in [6.07, 6.45) is 0. The van der Waals surface area contributed by atoms with Crippen LogP contribution in [-0.2, 0) is 10.1 Å². The van der Waals surface area contributed by atoms with Crippen LogP contribution in [0.25, 0.3) is 0 Å². The highest BCUT2D eigenvalue weighted by atomic mass is 32.2. The van der Waals surface area contributed by atoms with E-state index in [1.807, 2.05) is 6.92 Å². The molecule has 106 valence electrons. The molecule has 0 aliphatic heterocycles. The summed E-state index contributed by atoms with van der Waals surface area (Å²) in [5.41, 5.74) is 1.09. The fraction of sp³-hybridized carbons (Fsp3) is 0.0769. The summed E-state index contributed by atoms with van der Waals surface area (Å²) >= 11 is 0. The standard InChI is InChI=1S/C7H8O3S.C6H5NO2/c1-6-2-4-7(5-3-6)11(8,9)10;8-7(9)6-4-2-1-3-5-6/h2-5H,1H3,(H,8,9,10);1-5H. The minimum Gasteiger partial charge on any atom is -0.282 e. The largest absolute Gasteiger partial charge is 0.294 e. The topological polar surface area (TPSA) is 97.5 Å². The third-order valence-corrected chi connectivity index (χ3v) is 3.15. The van der Waals surface area contributed by atoms with Crippen LogP contribution in [0.4, 0.5) is 5.69 Å². The molecule has 0 aromatic heterocycles. The normalized spacial score (nSPS) is 10.3. The lowest BCUT2D eigenvalue weighted by atomic mass is 10.2. The number of benzene rings is 2. The molecule has 0 radical (unpaired) electrons. The Hall–Kier alpha value is -2.25. The van der Waals surface area contributed by atoms with E-state index in [9.17, 15) is 18.5 Å². The quantitative estimate of drug-likeness (QED) is 0.522. The first-order valence-electron chi connectivity index (χ1n) is 5.54. The lowest BCUT2D eigenvalue weighted by molar-refractivity contribution is -0.384. The maximum Gasteiger partial charge on any atom is 0.294 e. The van der Waals surface area contributed by atoms with Gasteiger partial charge in [0.15, 0.2) is 0 Å². The Morgan fingerprint density at radius 2 is 1.50 bits per heavy atom. The number of hydrogen-bond donors (Lipinski definition) is 1. The lowest BCUT2D eigenvalue weighted by Gasteiger charge is -1.95. The molecule has 0 saturated heterocycles. The Bertz CT molecular complexity index is 666.